The van der Waals surface area contributed by atoms with Gasteiger partial charge in [0.05, 0.1) is 5.69 Å². The lowest BCUT2D eigenvalue weighted by molar-refractivity contribution is 0.0701. The molecule has 6 heteroatoms. The number of ether oxygens (including phenoxy) is 1. The molecule has 0 bridgehead atoms. The Bertz CT molecular complexity index is 379. The van der Waals surface area contributed by atoms with Crippen LogP contribution in [0, 0.1) is 6.92 Å². The summed E-state index contributed by atoms with van der Waals surface area (Å²) < 4.78 is 5.43. The van der Waals surface area contributed by atoms with Gasteiger partial charge < -0.3 is 15.2 Å². The van der Waals surface area contributed by atoms with Crippen LogP contribution in [0.4, 0.5) is 5.13 Å². The summed E-state index contributed by atoms with van der Waals surface area (Å²) in [6.07, 6.45) is 3.14. The minimum absolute atomic E-state index is 0.302. The van der Waals surface area contributed by atoms with Gasteiger partial charge in [-0.15, -0.1) is 0 Å². The Balaban J connectivity index is 2.19. The largest absolute Gasteiger partial charge is 0.477 e. The minimum Gasteiger partial charge on any atom is -0.477 e. The van der Waals surface area contributed by atoms with Gasteiger partial charge in [-0.3, -0.25) is 0 Å². The molecule has 5 nitrogen and oxygen atoms in total. The lowest BCUT2D eigenvalue weighted by Crippen LogP contribution is -2.06. The zero-order chi connectivity index (χ0) is 13.4. The molecule has 0 amide bonds. The monoisotopic (exact) mass is 272 g/mol. The number of thiazole rings is 1. The van der Waals surface area contributed by atoms with Crippen LogP contribution in [0.5, 0.6) is 0 Å². The SMILES string of the molecule is CCCCOCCCNc1nc(C)c(C(=O)O)s1. The number of rotatable bonds is 9. The molecule has 0 fully saturated rings. The van der Waals surface area contributed by atoms with E-state index in [1.54, 1.807) is 6.92 Å². The number of anilines is 1. The number of aromatic nitrogens is 1. The molecule has 0 saturated heterocycles. The maximum atomic E-state index is 10.8. The molecule has 2 N–H and O–H groups in total. The molecular weight excluding hydrogens is 252 g/mol. The first-order valence-electron chi connectivity index (χ1n) is 6.17. The third-order valence-electron chi connectivity index (χ3n) is 2.37. The molecule has 0 spiro atoms. The number of hydrogen-bond donors (Lipinski definition) is 2. The van der Waals surface area contributed by atoms with E-state index in [0.29, 0.717) is 15.7 Å². The van der Waals surface area contributed by atoms with Crippen LogP contribution in [0.1, 0.15) is 41.6 Å². The van der Waals surface area contributed by atoms with E-state index in [0.717, 1.165) is 39.0 Å². The maximum absolute atomic E-state index is 10.8. The van der Waals surface area contributed by atoms with Gasteiger partial charge in [0.2, 0.25) is 0 Å². The molecule has 0 atom stereocenters. The summed E-state index contributed by atoms with van der Waals surface area (Å²) in [5.74, 6) is -0.916. The van der Waals surface area contributed by atoms with E-state index < -0.39 is 5.97 Å². The zero-order valence-electron chi connectivity index (χ0n) is 10.9. The molecule has 0 aliphatic carbocycles. The summed E-state index contributed by atoms with van der Waals surface area (Å²) in [5.41, 5.74) is 0.564. The summed E-state index contributed by atoms with van der Waals surface area (Å²) in [5, 5.41) is 12.7. The van der Waals surface area contributed by atoms with Crippen molar-refractivity contribution in [3.8, 4) is 0 Å². The zero-order valence-corrected chi connectivity index (χ0v) is 11.7. The Labute approximate surface area is 111 Å². The van der Waals surface area contributed by atoms with Gasteiger partial charge in [-0.05, 0) is 19.8 Å². The number of aromatic carboxylic acids is 1. The highest BCUT2D eigenvalue weighted by atomic mass is 32.1. The van der Waals surface area contributed by atoms with Crippen LogP contribution in [0.25, 0.3) is 0 Å². The molecular formula is C12H20N2O3S. The van der Waals surface area contributed by atoms with Gasteiger partial charge in [0, 0.05) is 19.8 Å². The quantitative estimate of drug-likeness (QED) is 0.676. The van der Waals surface area contributed by atoms with Gasteiger partial charge in [-0.25, -0.2) is 9.78 Å². The Morgan fingerprint density at radius 2 is 2.17 bits per heavy atom. The minimum atomic E-state index is -0.916. The first-order chi connectivity index (χ1) is 8.65. The molecule has 0 unspecified atom stereocenters. The van der Waals surface area contributed by atoms with Gasteiger partial charge in [0.1, 0.15) is 4.88 Å². The fraction of sp³-hybridized carbons (Fsp3) is 0.667. The smallest absolute Gasteiger partial charge is 0.347 e. The molecule has 0 aromatic carbocycles. The van der Waals surface area contributed by atoms with E-state index >= 15 is 0 Å². The van der Waals surface area contributed by atoms with Crippen LogP contribution in [0.3, 0.4) is 0 Å². The lowest BCUT2D eigenvalue weighted by atomic mass is 10.4. The number of nitrogens with one attached hydrogen (secondary N) is 1. The molecule has 0 aliphatic rings. The average Bonchev–Trinajstić information content (AvgIpc) is 2.69. The van der Waals surface area contributed by atoms with Crippen molar-refractivity contribution in [2.75, 3.05) is 25.1 Å². The Kier molecular flexibility index (Phi) is 6.67. The van der Waals surface area contributed by atoms with Gasteiger partial charge in [-0.2, -0.15) is 0 Å². The molecule has 1 heterocycles. The number of nitrogens with zero attached hydrogens (tertiary/aromatic N) is 1. The van der Waals surface area contributed by atoms with Crippen molar-refractivity contribution in [2.45, 2.75) is 33.1 Å². The molecule has 1 aromatic heterocycles. The van der Waals surface area contributed by atoms with E-state index in [1.165, 1.54) is 11.3 Å². The van der Waals surface area contributed by atoms with Crippen molar-refractivity contribution in [3.05, 3.63) is 10.6 Å². The Hall–Kier alpha value is -1.14. The third kappa shape index (κ3) is 5.01. The fourth-order valence-electron chi connectivity index (χ4n) is 1.39. The molecule has 102 valence electrons. The van der Waals surface area contributed by atoms with Gasteiger partial charge in [0.25, 0.3) is 0 Å². The first-order valence-corrected chi connectivity index (χ1v) is 6.99. The molecule has 0 saturated carbocycles. The number of carbonyl (C=O) groups is 1. The summed E-state index contributed by atoms with van der Waals surface area (Å²) >= 11 is 1.18. The number of carboxylic acid groups (broad SMARTS) is 1. The molecule has 1 rings (SSSR count). The average molecular weight is 272 g/mol. The van der Waals surface area contributed by atoms with E-state index in [9.17, 15) is 4.79 Å². The molecule has 18 heavy (non-hydrogen) atoms. The second-order valence-corrected chi connectivity index (χ2v) is 4.98. The Morgan fingerprint density at radius 1 is 1.44 bits per heavy atom. The van der Waals surface area contributed by atoms with E-state index in [4.69, 9.17) is 9.84 Å². The summed E-state index contributed by atoms with van der Waals surface area (Å²) in [6, 6.07) is 0. The van der Waals surface area contributed by atoms with E-state index in [-0.39, 0.29) is 0 Å². The predicted molar refractivity (Wildman–Crippen MR) is 72.6 cm³/mol. The predicted octanol–water partition coefficient (Wildman–Crippen LogP) is 2.77. The van der Waals surface area contributed by atoms with Crippen LogP contribution in [0.2, 0.25) is 0 Å². The number of carboxylic acids is 1. The van der Waals surface area contributed by atoms with Crippen LogP contribution >= 0.6 is 11.3 Å². The summed E-state index contributed by atoms with van der Waals surface area (Å²) in [7, 11) is 0. The van der Waals surface area contributed by atoms with Crippen molar-refractivity contribution in [1.82, 2.24) is 4.98 Å². The van der Waals surface area contributed by atoms with Crippen molar-refractivity contribution in [3.63, 3.8) is 0 Å². The van der Waals surface area contributed by atoms with Crippen molar-refractivity contribution < 1.29 is 14.6 Å². The summed E-state index contributed by atoms with van der Waals surface area (Å²) in [6.45, 7) is 6.13. The van der Waals surface area contributed by atoms with Gasteiger partial charge in [0.15, 0.2) is 5.13 Å². The van der Waals surface area contributed by atoms with Crippen LogP contribution in [-0.2, 0) is 4.74 Å². The second kappa shape index (κ2) is 8.05. The lowest BCUT2D eigenvalue weighted by Gasteiger charge is -2.03. The topological polar surface area (TPSA) is 71.5 Å². The van der Waals surface area contributed by atoms with Crippen molar-refractivity contribution in [1.29, 1.82) is 0 Å². The fourth-order valence-corrected chi connectivity index (χ4v) is 2.22. The number of unbranched alkanes of at least 4 members (excludes halogenated alkanes) is 1. The van der Waals surface area contributed by atoms with Crippen molar-refractivity contribution >= 4 is 22.4 Å². The van der Waals surface area contributed by atoms with E-state index in [2.05, 4.69) is 17.2 Å². The summed E-state index contributed by atoms with van der Waals surface area (Å²) in [4.78, 5) is 15.3. The maximum Gasteiger partial charge on any atom is 0.347 e. The van der Waals surface area contributed by atoms with Gasteiger partial charge in [-0.1, -0.05) is 24.7 Å². The molecule has 0 aliphatic heterocycles. The molecule has 0 radical (unpaired) electrons. The highest BCUT2D eigenvalue weighted by Crippen LogP contribution is 2.22. The Morgan fingerprint density at radius 3 is 2.78 bits per heavy atom. The van der Waals surface area contributed by atoms with Crippen LogP contribution in [-0.4, -0.2) is 35.8 Å². The van der Waals surface area contributed by atoms with Crippen LogP contribution in [0.15, 0.2) is 0 Å². The highest BCUT2D eigenvalue weighted by molar-refractivity contribution is 7.17. The number of aryl methyl sites for hydroxylation is 1. The number of hydrogen-bond acceptors (Lipinski definition) is 5. The van der Waals surface area contributed by atoms with E-state index in [1.807, 2.05) is 0 Å². The second-order valence-electron chi connectivity index (χ2n) is 3.98. The van der Waals surface area contributed by atoms with Gasteiger partial charge >= 0.3 is 5.97 Å². The third-order valence-corrected chi connectivity index (χ3v) is 3.48. The van der Waals surface area contributed by atoms with Crippen LogP contribution < -0.4 is 5.32 Å². The normalized spacial score (nSPS) is 10.6. The standard InChI is InChI=1S/C12H20N2O3S/c1-3-4-7-17-8-5-6-13-12-14-9(2)10(18-12)11(15)16/h3-8H2,1-2H3,(H,13,14)(H,15,16). The molecule has 1 aromatic rings. The van der Waals surface area contributed by atoms with Crippen molar-refractivity contribution in [2.24, 2.45) is 0 Å². The highest BCUT2D eigenvalue weighted by Gasteiger charge is 2.13. The first kappa shape index (κ1) is 14.9.